The minimum atomic E-state index is -0.109. The fraction of sp³-hybridized carbons (Fsp3) is 0.448. The van der Waals surface area contributed by atoms with Gasteiger partial charge in [0.05, 0.1) is 46.8 Å². The second kappa shape index (κ2) is 17.0. The molecule has 2 heterocycles. The largest absolute Gasteiger partial charge is 0.497 e. The van der Waals surface area contributed by atoms with Crippen molar-refractivity contribution in [3.63, 3.8) is 0 Å². The molecule has 1 aliphatic rings. The van der Waals surface area contributed by atoms with Gasteiger partial charge in [0, 0.05) is 38.3 Å². The van der Waals surface area contributed by atoms with E-state index in [9.17, 15) is 4.79 Å². The van der Waals surface area contributed by atoms with Gasteiger partial charge in [-0.15, -0.1) is 0 Å². The number of aromatic nitrogens is 3. The van der Waals surface area contributed by atoms with Gasteiger partial charge in [0.1, 0.15) is 5.75 Å². The van der Waals surface area contributed by atoms with Crippen LogP contribution in [-0.2, 0) is 20.6 Å². The molecule has 0 unspecified atom stereocenters. The monoisotopic (exact) mass is 565 g/mol. The Balaban J connectivity index is 1.15. The Morgan fingerprint density at radius 2 is 1.49 bits per heavy atom. The number of carbonyl (C=O) groups is 1. The predicted molar refractivity (Wildman–Crippen MR) is 157 cm³/mol. The highest BCUT2D eigenvalue weighted by Crippen LogP contribution is 2.16. The third-order valence-electron chi connectivity index (χ3n) is 6.24. The van der Waals surface area contributed by atoms with Crippen LogP contribution in [0.2, 0.25) is 0 Å². The van der Waals surface area contributed by atoms with Crippen molar-refractivity contribution in [1.29, 1.82) is 0 Å². The van der Waals surface area contributed by atoms with E-state index in [0.29, 0.717) is 82.7 Å². The zero-order valence-electron chi connectivity index (χ0n) is 23.5. The van der Waals surface area contributed by atoms with Crippen LogP contribution in [0, 0.1) is 0 Å². The topological polar surface area (TPSA) is 132 Å². The van der Waals surface area contributed by atoms with Gasteiger partial charge < -0.3 is 39.8 Å². The van der Waals surface area contributed by atoms with Crippen LogP contribution < -0.4 is 25.6 Å². The molecule has 41 heavy (non-hydrogen) atoms. The Morgan fingerprint density at radius 1 is 0.829 bits per heavy atom. The average Bonchev–Trinajstić information content (AvgIpc) is 3.03. The lowest BCUT2D eigenvalue weighted by molar-refractivity contribution is 0.0519. The maximum atomic E-state index is 12.0. The van der Waals surface area contributed by atoms with Gasteiger partial charge in [0.25, 0.3) is 5.91 Å². The SMILES string of the molecule is COc1ccc(CCNc2nc(NCCOCCOCCNC(=O)c3ccccc3)nc(N3CCOCC3)n2)cc1. The van der Waals surface area contributed by atoms with E-state index in [1.165, 1.54) is 5.56 Å². The summed E-state index contributed by atoms with van der Waals surface area (Å²) in [6.07, 6.45) is 0.820. The fourth-order valence-electron chi connectivity index (χ4n) is 4.02. The molecule has 1 aliphatic heterocycles. The van der Waals surface area contributed by atoms with Crippen LogP contribution in [0.5, 0.6) is 5.75 Å². The van der Waals surface area contributed by atoms with Crippen molar-refractivity contribution in [3.8, 4) is 5.75 Å². The fourth-order valence-corrected chi connectivity index (χ4v) is 4.02. The van der Waals surface area contributed by atoms with E-state index in [0.717, 1.165) is 25.3 Å². The number of amides is 1. The van der Waals surface area contributed by atoms with Gasteiger partial charge in [-0.3, -0.25) is 4.79 Å². The molecule has 4 rings (SSSR count). The van der Waals surface area contributed by atoms with Gasteiger partial charge in [-0.25, -0.2) is 0 Å². The normalized spacial score (nSPS) is 13.0. The molecular weight excluding hydrogens is 526 g/mol. The van der Waals surface area contributed by atoms with Crippen molar-refractivity contribution in [1.82, 2.24) is 20.3 Å². The molecular formula is C29H39N7O5. The number of morpholine rings is 1. The summed E-state index contributed by atoms with van der Waals surface area (Å²) in [5.74, 6) is 2.35. The summed E-state index contributed by atoms with van der Waals surface area (Å²) in [6, 6.07) is 17.1. The maximum absolute atomic E-state index is 12.0. The first kappa shape index (κ1) is 30.0. The summed E-state index contributed by atoms with van der Waals surface area (Å²) in [5.41, 5.74) is 1.83. The van der Waals surface area contributed by atoms with Crippen molar-refractivity contribution in [3.05, 3.63) is 65.7 Å². The first-order valence-corrected chi connectivity index (χ1v) is 13.9. The number of ether oxygens (including phenoxy) is 4. The predicted octanol–water partition coefficient (Wildman–Crippen LogP) is 2.25. The molecule has 0 atom stereocenters. The number of nitrogens with one attached hydrogen (secondary N) is 3. The first-order valence-electron chi connectivity index (χ1n) is 13.9. The van der Waals surface area contributed by atoms with Gasteiger partial charge in [0.15, 0.2) is 0 Å². The van der Waals surface area contributed by atoms with E-state index in [1.807, 2.05) is 30.3 Å². The van der Waals surface area contributed by atoms with Gasteiger partial charge in [-0.1, -0.05) is 30.3 Å². The molecule has 1 fully saturated rings. The van der Waals surface area contributed by atoms with Crippen molar-refractivity contribution >= 4 is 23.8 Å². The smallest absolute Gasteiger partial charge is 0.251 e. The van der Waals surface area contributed by atoms with E-state index in [-0.39, 0.29) is 5.91 Å². The van der Waals surface area contributed by atoms with Gasteiger partial charge in [-0.2, -0.15) is 15.0 Å². The summed E-state index contributed by atoms with van der Waals surface area (Å²) < 4.78 is 21.9. The number of hydrogen-bond acceptors (Lipinski definition) is 11. The number of nitrogens with zero attached hydrogens (tertiary/aromatic N) is 4. The Bertz CT molecular complexity index is 1180. The molecule has 1 saturated heterocycles. The van der Waals surface area contributed by atoms with Crippen LogP contribution in [0.1, 0.15) is 15.9 Å². The molecule has 0 spiro atoms. The molecule has 1 aromatic heterocycles. The lowest BCUT2D eigenvalue weighted by Gasteiger charge is -2.27. The number of carbonyl (C=O) groups excluding carboxylic acids is 1. The second-order valence-corrected chi connectivity index (χ2v) is 9.18. The molecule has 3 N–H and O–H groups in total. The number of methoxy groups -OCH3 is 1. The molecule has 220 valence electrons. The van der Waals surface area contributed by atoms with E-state index < -0.39 is 0 Å². The van der Waals surface area contributed by atoms with Crippen LogP contribution >= 0.6 is 0 Å². The zero-order chi connectivity index (χ0) is 28.5. The number of rotatable bonds is 17. The highest BCUT2D eigenvalue weighted by atomic mass is 16.5. The number of benzene rings is 2. The third kappa shape index (κ3) is 10.5. The molecule has 0 radical (unpaired) electrons. The van der Waals surface area contributed by atoms with Gasteiger partial charge >= 0.3 is 0 Å². The van der Waals surface area contributed by atoms with Crippen LogP contribution in [0.25, 0.3) is 0 Å². The molecule has 3 aromatic rings. The highest BCUT2D eigenvalue weighted by molar-refractivity contribution is 5.94. The minimum Gasteiger partial charge on any atom is -0.497 e. The highest BCUT2D eigenvalue weighted by Gasteiger charge is 2.16. The van der Waals surface area contributed by atoms with E-state index in [2.05, 4.69) is 47.9 Å². The molecule has 0 saturated carbocycles. The number of hydrogen-bond donors (Lipinski definition) is 3. The molecule has 12 nitrogen and oxygen atoms in total. The Hall–Kier alpha value is -4.00. The van der Waals surface area contributed by atoms with Gasteiger partial charge in [-0.05, 0) is 36.2 Å². The zero-order valence-corrected chi connectivity index (χ0v) is 23.5. The molecule has 2 aromatic carbocycles. The summed E-state index contributed by atoms with van der Waals surface area (Å²) in [4.78, 5) is 27.9. The Kier molecular flexibility index (Phi) is 12.4. The Morgan fingerprint density at radius 3 is 2.17 bits per heavy atom. The maximum Gasteiger partial charge on any atom is 0.251 e. The lowest BCUT2D eigenvalue weighted by Crippen LogP contribution is -2.37. The Labute approximate surface area is 240 Å². The van der Waals surface area contributed by atoms with E-state index in [4.69, 9.17) is 18.9 Å². The molecule has 1 amide bonds. The van der Waals surface area contributed by atoms with Crippen LogP contribution in [0.15, 0.2) is 54.6 Å². The summed E-state index contributed by atoms with van der Waals surface area (Å²) in [6.45, 7) is 6.17. The third-order valence-corrected chi connectivity index (χ3v) is 6.24. The van der Waals surface area contributed by atoms with Crippen molar-refractivity contribution in [2.75, 3.05) is 95.0 Å². The average molecular weight is 566 g/mol. The van der Waals surface area contributed by atoms with E-state index >= 15 is 0 Å². The van der Waals surface area contributed by atoms with Crippen LogP contribution in [0.3, 0.4) is 0 Å². The standard InChI is InChI=1S/C29H39N7O5/c1-38-25-9-7-23(8-10-25)11-12-31-27-33-28(35-29(34-27)36-15-19-41-20-16-36)32-14-18-40-22-21-39-17-13-30-26(37)24-5-3-2-4-6-24/h2-10H,11-22H2,1H3,(H,30,37)(H2,31,32,33,34,35). The minimum absolute atomic E-state index is 0.109. The molecule has 12 heteroatoms. The van der Waals surface area contributed by atoms with Crippen LogP contribution in [0.4, 0.5) is 17.8 Å². The van der Waals surface area contributed by atoms with E-state index in [1.54, 1.807) is 19.2 Å². The van der Waals surface area contributed by atoms with Crippen molar-refractivity contribution < 1.29 is 23.7 Å². The summed E-state index contributed by atoms with van der Waals surface area (Å²) in [5, 5.41) is 9.40. The lowest BCUT2D eigenvalue weighted by atomic mass is 10.1. The summed E-state index contributed by atoms with van der Waals surface area (Å²) in [7, 11) is 1.66. The second-order valence-electron chi connectivity index (χ2n) is 9.18. The van der Waals surface area contributed by atoms with Crippen LogP contribution in [-0.4, -0.2) is 100 Å². The van der Waals surface area contributed by atoms with Crippen molar-refractivity contribution in [2.45, 2.75) is 6.42 Å². The van der Waals surface area contributed by atoms with Crippen molar-refractivity contribution in [2.24, 2.45) is 0 Å². The summed E-state index contributed by atoms with van der Waals surface area (Å²) >= 11 is 0. The first-order chi connectivity index (χ1) is 20.2. The molecule has 0 aliphatic carbocycles. The van der Waals surface area contributed by atoms with Gasteiger partial charge in [0.2, 0.25) is 17.8 Å². The molecule has 0 bridgehead atoms. The number of anilines is 3. The quantitative estimate of drug-likeness (QED) is 0.208.